The molecule has 1 heterocycles. The van der Waals surface area contributed by atoms with Crippen molar-refractivity contribution < 1.29 is 13.2 Å². The first-order chi connectivity index (χ1) is 6.82. The Kier molecular flexibility index (Phi) is 3.72. The molecule has 1 unspecified atom stereocenters. The number of hydrogen-bond donors (Lipinski definition) is 2. The molecule has 1 aliphatic rings. The van der Waals surface area contributed by atoms with Gasteiger partial charge >= 0.3 is 0 Å². The zero-order valence-corrected chi connectivity index (χ0v) is 9.88. The van der Waals surface area contributed by atoms with Crippen LogP contribution in [0.25, 0.3) is 0 Å². The lowest BCUT2D eigenvalue weighted by Gasteiger charge is -2.18. The number of nitrogens with one attached hydrogen (secondary N) is 1. The molecule has 1 saturated heterocycles. The van der Waals surface area contributed by atoms with E-state index in [4.69, 9.17) is 5.73 Å². The first-order valence-electron chi connectivity index (χ1n) is 5.08. The summed E-state index contributed by atoms with van der Waals surface area (Å²) in [7, 11) is -2.94. The molecule has 88 valence electrons. The molecule has 0 aromatic heterocycles. The molecule has 1 aliphatic heterocycles. The van der Waals surface area contributed by atoms with Crippen LogP contribution in [0.4, 0.5) is 0 Å². The van der Waals surface area contributed by atoms with Gasteiger partial charge < -0.3 is 11.1 Å². The highest BCUT2D eigenvalue weighted by molar-refractivity contribution is 7.91. The van der Waals surface area contributed by atoms with Crippen LogP contribution in [0.5, 0.6) is 0 Å². The molecule has 0 radical (unpaired) electrons. The van der Waals surface area contributed by atoms with Crippen molar-refractivity contribution >= 4 is 15.7 Å². The molecule has 0 saturated carbocycles. The predicted octanol–water partition coefficient (Wildman–Crippen LogP) is -0.727. The summed E-state index contributed by atoms with van der Waals surface area (Å²) in [5.74, 6) is 0.00779. The Hall–Kier alpha value is -0.620. The number of carbonyl (C=O) groups excluding carboxylic acids is 1. The van der Waals surface area contributed by atoms with E-state index in [1.807, 2.05) is 13.8 Å². The summed E-state index contributed by atoms with van der Waals surface area (Å²) in [4.78, 5) is 11.5. The molecule has 5 nitrogen and oxygen atoms in total. The summed E-state index contributed by atoms with van der Waals surface area (Å²) in [6.07, 6.45) is 0.499. The highest BCUT2D eigenvalue weighted by Crippen LogP contribution is 2.11. The Labute approximate surface area is 90.3 Å². The van der Waals surface area contributed by atoms with Crippen LogP contribution in [0, 0.1) is 5.92 Å². The van der Waals surface area contributed by atoms with Gasteiger partial charge in [-0.05, 0) is 12.3 Å². The lowest BCUT2D eigenvalue weighted by molar-refractivity contribution is -0.123. The second kappa shape index (κ2) is 4.49. The van der Waals surface area contributed by atoms with Crippen LogP contribution < -0.4 is 11.1 Å². The third-order valence-corrected chi connectivity index (χ3v) is 4.37. The zero-order chi connectivity index (χ0) is 11.6. The first-order valence-corrected chi connectivity index (χ1v) is 6.90. The number of hydrogen-bond acceptors (Lipinski definition) is 4. The minimum atomic E-state index is -2.94. The molecular formula is C9H18N2O3S. The van der Waals surface area contributed by atoms with E-state index >= 15 is 0 Å². The third-order valence-electron chi connectivity index (χ3n) is 2.60. The molecule has 1 amide bonds. The summed E-state index contributed by atoms with van der Waals surface area (Å²) >= 11 is 0. The Morgan fingerprint density at radius 2 is 2.07 bits per heavy atom. The number of sulfone groups is 1. The average molecular weight is 234 g/mol. The van der Waals surface area contributed by atoms with Crippen molar-refractivity contribution in [1.29, 1.82) is 0 Å². The van der Waals surface area contributed by atoms with Gasteiger partial charge in [-0.3, -0.25) is 4.79 Å². The van der Waals surface area contributed by atoms with E-state index < -0.39 is 15.9 Å². The lowest BCUT2D eigenvalue weighted by Crippen LogP contribution is -2.48. The molecule has 0 bridgehead atoms. The van der Waals surface area contributed by atoms with E-state index in [9.17, 15) is 13.2 Å². The highest BCUT2D eigenvalue weighted by atomic mass is 32.2. The van der Waals surface area contributed by atoms with Gasteiger partial charge in [-0.2, -0.15) is 0 Å². The van der Waals surface area contributed by atoms with E-state index in [1.165, 1.54) is 0 Å². The van der Waals surface area contributed by atoms with Gasteiger partial charge in [0.2, 0.25) is 5.91 Å². The van der Waals surface area contributed by atoms with Gasteiger partial charge in [-0.25, -0.2) is 8.42 Å². The zero-order valence-electron chi connectivity index (χ0n) is 9.06. The molecule has 0 aliphatic carbocycles. The Bertz CT molecular complexity index is 337. The van der Waals surface area contributed by atoms with Crippen molar-refractivity contribution in [2.45, 2.75) is 32.4 Å². The summed E-state index contributed by atoms with van der Waals surface area (Å²) in [5, 5.41) is 2.67. The monoisotopic (exact) mass is 234 g/mol. The van der Waals surface area contributed by atoms with Crippen molar-refractivity contribution in [3.05, 3.63) is 0 Å². The van der Waals surface area contributed by atoms with Gasteiger partial charge in [0.1, 0.15) is 0 Å². The second-order valence-electron chi connectivity index (χ2n) is 4.38. The first kappa shape index (κ1) is 12.4. The van der Waals surface area contributed by atoms with Gasteiger partial charge in [0, 0.05) is 6.04 Å². The van der Waals surface area contributed by atoms with Crippen LogP contribution in [0.1, 0.15) is 20.3 Å². The Morgan fingerprint density at radius 3 is 2.47 bits per heavy atom. The minimum Gasteiger partial charge on any atom is -0.351 e. The topological polar surface area (TPSA) is 89.3 Å². The van der Waals surface area contributed by atoms with Gasteiger partial charge in [0.15, 0.2) is 9.84 Å². The van der Waals surface area contributed by atoms with Gasteiger partial charge in [-0.1, -0.05) is 13.8 Å². The van der Waals surface area contributed by atoms with Gasteiger partial charge in [-0.15, -0.1) is 0 Å². The molecule has 15 heavy (non-hydrogen) atoms. The predicted molar refractivity (Wildman–Crippen MR) is 58.0 cm³/mol. The van der Waals surface area contributed by atoms with Crippen LogP contribution in [0.3, 0.4) is 0 Å². The molecule has 0 aromatic rings. The smallest absolute Gasteiger partial charge is 0.237 e. The van der Waals surface area contributed by atoms with Crippen molar-refractivity contribution in [3.8, 4) is 0 Å². The normalized spacial score (nSPS) is 26.5. The summed E-state index contributed by atoms with van der Waals surface area (Å²) in [6, 6.07) is -0.819. The van der Waals surface area contributed by atoms with Gasteiger partial charge in [0.25, 0.3) is 0 Å². The standard InChI is InChI=1S/C9H18N2O3S/c1-6(2)8(10)9(12)11-7-3-4-15(13,14)5-7/h6-8H,3-5,10H2,1-2H3,(H,11,12)/t7?,8-/m0/s1. The third kappa shape index (κ3) is 3.46. The van der Waals surface area contributed by atoms with Crippen LogP contribution in [-0.4, -0.2) is 37.9 Å². The van der Waals surface area contributed by atoms with Crippen LogP contribution >= 0.6 is 0 Å². The number of rotatable bonds is 3. The fourth-order valence-electron chi connectivity index (χ4n) is 1.51. The number of carbonyl (C=O) groups is 1. The summed E-state index contributed by atoms with van der Waals surface area (Å²) in [6.45, 7) is 3.71. The van der Waals surface area contributed by atoms with Crippen LogP contribution in [-0.2, 0) is 14.6 Å². The maximum Gasteiger partial charge on any atom is 0.237 e. The SMILES string of the molecule is CC(C)[C@H](N)C(=O)NC1CCS(=O)(=O)C1. The minimum absolute atomic E-state index is 0.0452. The van der Waals surface area contributed by atoms with Crippen LogP contribution in [0.2, 0.25) is 0 Å². The second-order valence-corrected chi connectivity index (χ2v) is 6.61. The van der Waals surface area contributed by atoms with E-state index in [-0.39, 0.29) is 29.4 Å². The maximum atomic E-state index is 11.5. The Balaban J connectivity index is 2.47. The van der Waals surface area contributed by atoms with E-state index in [0.29, 0.717) is 6.42 Å². The maximum absolute atomic E-state index is 11.5. The fourth-order valence-corrected chi connectivity index (χ4v) is 3.18. The quantitative estimate of drug-likeness (QED) is 0.674. The molecule has 0 spiro atoms. The molecular weight excluding hydrogens is 216 g/mol. The summed E-state index contributed by atoms with van der Waals surface area (Å²) < 4.78 is 22.3. The average Bonchev–Trinajstić information content (AvgIpc) is 2.43. The van der Waals surface area contributed by atoms with Crippen molar-refractivity contribution in [3.63, 3.8) is 0 Å². The lowest BCUT2D eigenvalue weighted by atomic mass is 10.0. The molecule has 0 aromatic carbocycles. The molecule has 1 fully saturated rings. The van der Waals surface area contributed by atoms with Gasteiger partial charge in [0.05, 0.1) is 17.5 Å². The fraction of sp³-hybridized carbons (Fsp3) is 0.889. The molecule has 2 atom stereocenters. The summed E-state index contributed by atoms with van der Waals surface area (Å²) in [5.41, 5.74) is 5.64. The van der Waals surface area contributed by atoms with E-state index in [0.717, 1.165) is 0 Å². The molecule has 3 N–H and O–H groups in total. The van der Waals surface area contributed by atoms with Crippen molar-refractivity contribution in [2.75, 3.05) is 11.5 Å². The molecule has 1 rings (SSSR count). The largest absolute Gasteiger partial charge is 0.351 e. The highest BCUT2D eigenvalue weighted by Gasteiger charge is 2.30. The molecule has 6 heteroatoms. The number of nitrogens with two attached hydrogens (primary N) is 1. The Morgan fingerprint density at radius 1 is 1.47 bits per heavy atom. The van der Waals surface area contributed by atoms with Crippen molar-refractivity contribution in [1.82, 2.24) is 5.32 Å². The van der Waals surface area contributed by atoms with Crippen molar-refractivity contribution in [2.24, 2.45) is 11.7 Å². The number of amides is 1. The van der Waals surface area contributed by atoms with E-state index in [1.54, 1.807) is 0 Å². The van der Waals surface area contributed by atoms with Crippen LogP contribution in [0.15, 0.2) is 0 Å². The van der Waals surface area contributed by atoms with E-state index in [2.05, 4.69) is 5.32 Å².